The van der Waals surface area contributed by atoms with Crippen LogP contribution in [0.1, 0.15) is 31.0 Å². The van der Waals surface area contributed by atoms with Gasteiger partial charge in [0, 0.05) is 31.2 Å². The molecule has 4 aromatic rings. The maximum Gasteiger partial charge on any atom is 0.332 e. The summed E-state index contributed by atoms with van der Waals surface area (Å²) in [5.41, 5.74) is 3.37. The summed E-state index contributed by atoms with van der Waals surface area (Å²) in [6.07, 6.45) is 3.60. The number of aryl methyl sites for hydroxylation is 3. The lowest BCUT2D eigenvalue weighted by atomic mass is 10.2. The van der Waals surface area contributed by atoms with Crippen LogP contribution in [-0.4, -0.2) is 23.1 Å². The molecule has 27 heavy (non-hydrogen) atoms. The van der Waals surface area contributed by atoms with Crippen LogP contribution in [0.25, 0.3) is 22.6 Å². The molecule has 0 aliphatic carbocycles. The first-order chi connectivity index (χ1) is 12.9. The molecule has 7 nitrogen and oxygen atoms in total. The van der Waals surface area contributed by atoms with E-state index in [0.29, 0.717) is 23.5 Å². The summed E-state index contributed by atoms with van der Waals surface area (Å²) in [6.45, 7) is 6.48. The van der Waals surface area contributed by atoms with Crippen LogP contribution in [0, 0.1) is 13.8 Å². The summed E-state index contributed by atoms with van der Waals surface area (Å²) in [5.74, 6) is 0.631. The molecule has 0 unspecified atom stereocenters. The predicted molar refractivity (Wildman–Crippen MR) is 106 cm³/mol. The molecular weight excluding hydrogens is 342 g/mol. The predicted octanol–water partition coefficient (Wildman–Crippen LogP) is 2.56. The van der Waals surface area contributed by atoms with Gasteiger partial charge in [0.15, 0.2) is 11.2 Å². The van der Waals surface area contributed by atoms with Gasteiger partial charge in [-0.05, 0) is 32.4 Å². The van der Waals surface area contributed by atoms with Gasteiger partial charge >= 0.3 is 5.69 Å². The van der Waals surface area contributed by atoms with Crippen molar-refractivity contribution in [1.29, 1.82) is 0 Å². The number of aromatic nitrogens is 5. The van der Waals surface area contributed by atoms with E-state index in [1.165, 1.54) is 14.7 Å². The van der Waals surface area contributed by atoms with Crippen LogP contribution in [-0.2, 0) is 13.6 Å². The highest BCUT2D eigenvalue weighted by molar-refractivity contribution is 5.76. The Morgan fingerprint density at radius 2 is 1.78 bits per heavy atom. The molecule has 0 amide bonds. The molecule has 0 aliphatic rings. The van der Waals surface area contributed by atoms with E-state index in [1.807, 2.05) is 55.8 Å². The van der Waals surface area contributed by atoms with Gasteiger partial charge in [0.25, 0.3) is 5.56 Å². The van der Waals surface area contributed by atoms with Gasteiger partial charge in [-0.3, -0.25) is 22.9 Å². The monoisotopic (exact) mass is 365 g/mol. The number of fused-ring (bicyclic) bond motifs is 3. The minimum absolute atomic E-state index is 0.282. The number of rotatable bonds is 4. The molecule has 3 aromatic heterocycles. The minimum Gasteiger partial charge on any atom is -0.283 e. The molecule has 0 spiro atoms. The first kappa shape index (κ1) is 17.3. The number of benzene rings is 1. The van der Waals surface area contributed by atoms with Crippen molar-refractivity contribution in [2.75, 3.05) is 0 Å². The highest BCUT2D eigenvalue weighted by Gasteiger charge is 2.20. The standard InChI is InChI=1S/C20H23N5O2/c1-5-6-11-23-18(26)16-17(22(4)20(23)27)21-19-24(16)12-14(3)25(19)15-9-7-13(2)8-10-15/h7-10,12H,5-6,11H2,1-4H3. The van der Waals surface area contributed by atoms with Crippen molar-refractivity contribution in [3.8, 4) is 5.69 Å². The molecule has 0 saturated carbocycles. The topological polar surface area (TPSA) is 66.2 Å². The number of imidazole rings is 2. The molecule has 140 valence electrons. The lowest BCUT2D eigenvalue weighted by Gasteiger charge is -2.07. The number of unbranched alkanes of at least 4 members (excludes halogenated alkanes) is 1. The van der Waals surface area contributed by atoms with E-state index in [4.69, 9.17) is 0 Å². The van der Waals surface area contributed by atoms with Crippen molar-refractivity contribution >= 4 is 16.9 Å². The van der Waals surface area contributed by atoms with Crippen molar-refractivity contribution in [2.24, 2.45) is 7.05 Å². The molecule has 0 saturated heterocycles. The fourth-order valence-corrected chi connectivity index (χ4v) is 3.54. The molecule has 3 heterocycles. The van der Waals surface area contributed by atoms with E-state index in [9.17, 15) is 9.59 Å². The molecule has 0 atom stereocenters. The van der Waals surface area contributed by atoms with Crippen LogP contribution in [0.5, 0.6) is 0 Å². The van der Waals surface area contributed by atoms with E-state index in [2.05, 4.69) is 4.98 Å². The van der Waals surface area contributed by atoms with Crippen molar-refractivity contribution in [3.05, 3.63) is 62.6 Å². The quantitative estimate of drug-likeness (QED) is 0.558. The zero-order chi connectivity index (χ0) is 19.3. The summed E-state index contributed by atoms with van der Waals surface area (Å²) in [6, 6.07) is 8.14. The minimum atomic E-state index is -0.319. The molecule has 0 radical (unpaired) electrons. The third-order valence-corrected chi connectivity index (χ3v) is 5.05. The van der Waals surface area contributed by atoms with Crippen LogP contribution in [0.3, 0.4) is 0 Å². The number of hydrogen-bond acceptors (Lipinski definition) is 3. The summed E-state index contributed by atoms with van der Waals surface area (Å²) < 4.78 is 6.58. The van der Waals surface area contributed by atoms with E-state index >= 15 is 0 Å². The van der Waals surface area contributed by atoms with Crippen molar-refractivity contribution in [2.45, 2.75) is 40.2 Å². The molecule has 0 aliphatic heterocycles. The normalized spacial score (nSPS) is 11.7. The van der Waals surface area contributed by atoms with E-state index in [0.717, 1.165) is 24.2 Å². The van der Waals surface area contributed by atoms with Crippen LogP contribution < -0.4 is 11.2 Å². The Balaban J connectivity index is 2.07. The zero-order valence-electron chi connectivity index (χ0n) is 16.1. The van der Waals surface area contributed by atoms with Crippen LogP contribution in [0.2, 0.25) is 0 Å². The van der Waals surface area contributed by atoms with Gasteiger partial charge < -0.3 is 0 Å². The Kier molecular flexibility index (Phi) is 4.02. The lowest BCUT2D eigenvalue weighted by Crippen LogP contribution is -2.39. The van der Waals surface area contributed by atoms with Crippen LogP contribution >= 0.6 is 0 Å². The highest BCUT2D eigenvalue weighted by atomic mass is 16.2. The van der Waals surface area contributed by atoms with Gasteiger partial charge in [0.05, 0.1) is 0 Å². The van der Waals surface area contributed by atoms with Crippen LogP contribution in [0.15, 0.2) is 40.1 Å². The van der Waals surface area contributed by atoms with E-state index < -0.39 is 0 Å². The van der Waals surface area contributed by atoms with Gasteiger partial charge in [0.2, 0.25) is 5.78 Å². The molecule has 1 aromatic carbocycles. The molecule has 0 bridgehead atoms. The maximum absolute atomic E-state index is 13.1. The van der Waals surface area contributed by atoms with Crippen molar-refractivity contribution in [3.63, 3.8) is 0 Å². The Morgan fingerprint density at radius 3 is 2.44 bits per heavy atom. The average molecular weight is 365 g/mol. The first-order valence-electron chi connectivity index (χ1n) is 9.21. The second-order valence-corrected chi connectivity index (χ2v) is 7.05. The Morgan fingerprint density at radius 1 is 1.07 bits per heavy atom. The summed E-state index contributed by atoms with van der Waals surface area (Å²) in [7, 11) is 1.67. The Labute approximate surface area is 156 Å². The van der Waals surface area contributed by atoms with Crippen molar-refractivity contribution in [1.82, 2.24) is 23.1 Å². The average Bonchev–Trinajstić information content (AvgIpc) is 3.15. The number of hydrogen-bond donors (Lipinski definition) is 0. The SMILES string of the molecule is CCCCn1c(=O)c2c(nc3n(-c4ccc(C)cc4)c(C)cn23)n(C)c1=O. The molecule has 0 fully saturated rings. The van der Waals surface area contributed by atoms with Gasteiger partial charge in [-0.1, -0.05) is 31.0 Å². The number of nitrogens with zero attached hydrogens (tertiary/aromatic N) is 5. The Bertz CT molecular complexity index is 1270. The third-order valence-electron chi connectivity index (χ3n) is 5.05. The van der Waals surface area contributed by atoms with Gasteiger partial charge in [0.1, 0.15) is 0 Å². The summed E-state index contributed by atoms with van der Waals surface area (Å²) in [4.78, 5) is 30.4. The first-order valence-corrected chi connectivity index (χ1v) is 9.21. The fraction of sp³-hybridized carbons (Fsp3) is 0.350. The van der Waals surface area contributed by atoms with Crippen LogP contribution in [0.4, 0.5) is 0 Å². The smallest absolute Gasteiger partial charge is 0.283 e. The van der Waals surface area contributed by atoms with Gasteiger partial charge in [-0.25, -0.2) is 4.79 Å². The highest BCUT2D eigenvalue weighted by Crippen LogP contribution is 2.21. The molecule has 0 N–H and O–H groups in total. The second kappa shape index (κ2) is 6.26. The molecular formula is C20H23N5O2. The largest absolute Gasteiger partial charge is 0.332 e. The molecule has 4 rings (SSSR count). The zero-order valence-corrected chi connectivity index (χ0v) is 16.1. The third kappa shape index (κ3) is 2.53. The van der Waals surface area contributed by atoms with Gasteiger partial charge in [-0.15, -0.1) is 0 Å². The van der Waals surface area contributed by atoms with Crippen molar-refractivity contribution < 1.29 is 0 Å². The Hall–Kier alpha value is -3.09. The van der Waals surface area contributed by atoms with E-state index in [-0.39, 0.29) is 11.2 Å². The summed E-state index contributed by atoms with van der Waals surface area (Å²) >= 11 is 0. The maximum atomic E-state index is 13.1. The molecule has 7 heteroatoms. The fourth-order valence-electron chi connectivity index (χ4n) is 3.54. The summed E-state index contributed by atoms with van der Waals surface area (Å²) in [5, 5.41) is 0. The lowest BCUT2D eigenvalue weighted by molar-refractivity contribution is 0.566. The second-order valence-electron chi connectivity index (χ2n) is 7.05. The van der Waals surface area contributed by atoms with Gasteiger partial charge in [-0.2, -0.15) is 4.98 Å². The van der Waals surface area contributed by atoms with E-state index in [1.54, 1.807) is 11.4 Å².